The van der Waals surface area contributed by atoms with Gasteiger partial charge in [0.15, 0.2) is 0 Å². The van der Waals surface area contributed by atoms with Crippen LogP contribution >= 0.6 is 11.3 Å². The molecular weight excluding hydrogens is 340 g/mol. The van der Waals surface area contributed by atoms with Crippen molar-refractivity contribution in [1.82, 2.24) is 10.3 Å². The van der Waals surface area contributed by atoms with Crippen molar-refractivity contribution in [2.24, 2.45) is 0 Å². The number of rotatable bonds is 7. The number of aromatic nitrogens is 1. The zero-order valence-corrected chi connectivity index (χ0v) is 15.6. The summed E-state index contributed by atoms with van der Waals surface area (Å²) in [6.07, 6.45) is 0.421. The number of hydrogen-bond donors (Lipinski definition) is 1. The van der Waals surface area contributed by atoms with E-state index in [0.717, 1.165) is 10.7 Å². The average Bonchev–Trinajstić information content (AvgIpc) is 3.04. The molecule has 0 aliphatic rings. The zero-order valence-electron chi connectivity index (χ0n) is 14.8. The predicted octanol–water partition coefficient (Wildman–Crippen LogP) is 3.10. The predicted molar refractivity (Wildman–Crippen MR) is 95.8 cm³/mol. The number of esters is 1. The molecule has 0 unspecified atom stereocenters. The lowest BCUT2D eigenvalue weighted by atomic mass is 9.98. The number of hydrogen-bond acceptors (Lipinski definition) is 6. The Morgan fingerprint density at radius 3 is 2.72 bits per heavy atom. The SMILES string of the molecule is CC[C@](C)(NC(=O)c1cccc(OCc2csc(C)n2)c1)C(=O)OC. The van der Waals surface area contributed by atoms with Crippen LogP contribution < -0.4 is 10.1 Å². The molecule has 0 radical (unpaired) electrons. The molecule has 0 aliphatic carbocycles. The molecule has 1 heterocycles. The van der Waals surface area contributed by atoms with E-state index >= 15 is 0 Å². The number of thiazole rings is 1. The minimum Gasteiger partial charge on any atom is -0.487 e. The van der Waals surface area contributed by atoms with Gasteiger partial charge >= 0.3 is 5.97 Å². The van der Waals surface area contributed by atoms with Gasteiger partial charge in [-0.25, -0.2) is 9.78 Å². The molecule has 0 spiro atoms. The van der Waals surface area contributed by atoms with E-state index in [2.05, 4.69) is 10.3 Å². The molecule has 1 atom stereocenters. The average molecular weight is 362 g/mol. The van der Waals surface area contributed by atoms with Crippen LogP contribution in [0.5, 0.6) is 5.75 Å². The molecule has 1 aromatic carbocycles. The van der Waals surface area contributed by atoms with Gasteiger partial charge in [0.2, 0.25) is 0 Å². The Morgan fingerprint density at radius 1 is 1.36 bits per heavy atom. The standard InChI is InChI=1S/C18H22N2O4S/c1-5-18(3,17(22)23-4)20-16(21)13-7-6-8-15(9-13)24-10-14-11-25-12(2)19-14/h6-9,11H,5,10H2,1-4H3,(H,20,21)/t18-/m0/s1. The summed E-state index contributed by atoms with van der Waals surface area (Å²) in [6, 6.07) is 6.82. The van der Waals surface area contributed by atoms with Crippen molar-refractivity contribution in [2.45, 2.75) is 39.3 Å². The van der Waals surface area contributed by atoms with Gasteiger partial charge in [0.1, 0.15) is 17.9 Å². The van der Waals surface area contributed by atoms with E-state index in [9.17, 15) is 9.59 Å². The molecular formula is C18H22N2O4S. The molecule has 7 heteroatoms. The summed E-state index contributed by atoms with van der Waals surface area (Å²) in [7, 11) is 1.30. The number of methoxy groups -OCH3 is 1. The Bertz CT molecular complexity index is 759. The van der Waals surface area contributed by atoms with Gasteiger partial charge in [0.25, 0.3) is 5.91 Å². The maximum atomic E-state index is 12.5. The lowest BCUT2D eigenvalue weighted by molar-refractivity contribution is -0.147. The van der Waals surface area contributed by atoms with Crippen LogP contribution in [-0.4, -0.2) is 29.5 Å². The summed E-state index contributed by atoms with van der Waals surface area (Å²) >= 11 is 1.56. The van der Waals surface area contributed by atoms with E-state index in [0.29, 0.717) is 24.3 Å². The Balaban J connectivity index is 2.06. The van der Waals surface area contributed by atoms with E-state index in [1.54, 1.807) is 42.5 Å². The normalized spacial score (nSPS) is 13.0. The van der Waals surface area contributed by atoms with Crippen LogP contribution in [0.15, 0.2) is 29.6 Å². The largest absolute Gasteiger partial charge is 0.487 e. The molecule has 0 aliphatic heterocycles. The summed E-state index contributed by atoms with van der Waals surface area (Å²) in [5, 5.41) is 5.65. The Kier molecular flexibility index (Phi) is 6.14. The van der Waals surface area contributed by atoms with E-state index in [1.165, 1.54) is 7.11 Å². The molecule has 1 N–H and O–H groups in total. The molecule has 134 valence electrons. The van der Waals surface area contributed by atoms with Crippen LogP contribution in [0.25, 0.3) is 0 Å². The second-order valence-electron chi connectivity index (χ2n) is 5.81. The topological polar surface area (TPSA) is 77.5 Å². The second kappa shape index (κ2) is 8.11. The first kappa shape index (κ1) is 18.9. The number of benzene rings is 1. The fraction of sp³-hybridized carbons (Fsp3) is 0.389. The summed E-state index contributed by atoms with van der Waals surface area (Å²) in [4.78, 5) is 28.7. The van der Waals surface area contributed by atoms with Gasteiger partial charge in [0.05, 0.1) is 17.8 Å². The van der Waals surface area contributed by atoms with E-state index in [4.69, 9.17) is 9.47 Å². The number of nitrogens with one attached hydrogen (secondary N) is 1. The Hall–Kier alpha value is -2.41. The van der Waals surface area contributed by atoms with Gasteiger partial charge < -0.3 is 14.8 Å². The van der Waals surface area contributed by atoms with Crippen LogP contribution in [-0.2, 0) is 16.1 Å². The number of nitrogens with zero attached hydrogens (tertiary/aromatic N) is 1. The molecule has 2 rings (SSSR count). The summed E-state index contributed by atoms with van der Waals surface area (Å²) in [6.45, 7) is 5.73. The van der Waals surface area contributed by atoms with Crippen LogP contribution in [0.1, 0.15) is 41.3 Å². The smallest absolute Gasteiger partial charge is 0.331 e. The third kappa shape index (κ3) is 4.79. The third-order valence-corrected chi connectivity index (χ3v) is 4.70. The summed E-state index contributed by atoms with van der Waals surface area (Å²) < 4.78 is 10.5. The first-order chi connectivity index (χ1) is 11.9. The number of carbonyl (C=O) groups is 2. The molecule has 1 aromatic heterocycles. The Morgan fingerprint density at radius 2 is 2.12 bits per heavy atom. The minimum absolute atomic E-state index is 0.338. The van der Waals surface area contributed by atoms with Gasteiger partial charge in [-0.3, -0.25) is 4.79 Å². The number of amides is 1. The highest BCUT2D eigenvalue weighted by Gasteiger charge is 2.34. The van der Waals surface area contributed by atoms with Gasteiger partial charge in [-0.1, -0.05) is 13.0 Å². The first-order valence-electron chi connectivity index (χ1n) is 7.92. The number of ether oxygens (including phenoxy) is 2. The van der Waals surface area contributed by atoms with E-state index in [-0.39, 0.29) is 5.91 Å². The van der Waals surface area contributed by atoms with Gasteiger partial charge in [-0.15, -0.1) is 11.3 Å². The molecule has 0 bridgehead atoms. The summed E-state index contributed by atoms with van der Waals surface area (Å²) in [5.74, 6) is -0.270. The summed E-state index contributed by atoms with van der Waals surface area (Å²) in [5.41, 5.74) is 0.193. The molecule has 0 saturated carbocycles. The van der Waals surface area contributed by atoms with Crippen molar-refractivity contribution in [3.8, 4) is 5.75 Å². The molecule has 2 aromatic rings. The lowest BCUT2D eigenvalue weighted by Crippen LogP contribution is -2.52. The first-order valence-corrected chi connectivity index (χ1v) is 8.80. The van der Waals surface area contributed by atoms with Gasteiger partial charge in [-0.05, 0) is 38.5 Å². The molecule has 1 amide bonds. The number of carbonyl (C=O) groups excluding carboxylic acids is 2. The Labute approximate surface area is 151 Å². The minimum atomic E-state index is -1.07. The van der Waals surface area contributed by atoms with Gasteiger partial charge in [0, 0.05) is 10.9 Å². The molecule has 0 fully saturated rings. The van der Waals surface area contributed by atoms with Crippen molar-refractivity contribution in [1.29, 1.82) is 0 Å². The molecule has 0 saturated heterocycles. The van der Waals surface area contributed by atoms with Gasteiger partial charge in [-0.2, -0.15) is 0 Å². The molecule has 6 nitrogen and oxygen atoms in total. The quantitative estimate of drug-likeness (QED) is 0.766. The maximum absolute atomic E-state index is 12.5. The fourth-order valence-corrected chi connectivity index (χ4v) is 2.79. The highest BCUT2D eigenvalue weighted by Crippen LogP contribution is 2.18. The van der Waals surface area contributed by atoms with Crippen molar-refractivity contribution >= 4 is 23.2 Å². The van der Waals surface area contributed by atoms with Crippen molar-refractivity contribution < 1.29 is 19.1 Å². The van der Waals surface area contributed by atoms with Crippen LogP contribution in [0.2, 0.25) is 0 Å². The maximum Gasteiger partial charge on any atom is 0.331 e. The van der Waals surface area contributed by atoms with E-state index < -0.39 is 11.5 Å². The van der Waals surface area contributed by atoms with Crippen LogP contribution in [0.3, 0.4) is 0 Å². The second-order valence-corrected chi connectivity index (χ2v) is 6.87. The lowest BCUT2D eigenvalue weighted by Gasteiger charge is -2.26. The van der Waals surface area contributed by atoms with Crippen LogP contribution in [0.4, 0.5) is 0 Å². The molecule has 25 heavy (non-hydrogen) atoms. The van der Waals surface area contributed by atoms with E-state index in [1.807, 2.05) is 19.2 Å². The third-order valence-electron chi connectivity index (χ3n) is 3.88. The highest BCUT2D eigenvalue weighted by atomic mass is 32.1. The number of aryl methyl sites for hydroxylation is 1. The van der Waals surface area contributed by atoms with Crippen molar-refractivity contribution in [3.63, 3.8) is 0 Å². The fourth-order valence-electron chi connectivity index (χ4n) is 2.19. The van der Waals surface area contributed by atoms with Crippen LogP contribution in [0, 0.1) is 6.92 Å². The van der Waals surface area contributed by atoms with Crippen molar-refractivity contribution in [3.05, 3.63) is 45.9 Å². The highest BCUT2D eigenvalue weighted by molar-refractivity contribution is 7.09. The van der Waals surface area contributed by atoms with Crippen molar-refractivity contribution in [2.75, 3.05) is 7.11 Å². The zero-order chi connectivity index (χ0) is 18.4. The monoisotopic (exact) mass is 362 g/mol.